The summed E-state index contributed by atoms with van der Waals surface area (Å²) in [5, 5.41) is 0. The van der Waals surface area contributed by atoms with E-state index in [0.29, 0.717) is 23.6 Å². The van der Waals surface area contributed by atoms with E-state index in [-0.39, 0.29) is 5.56 Å². The van der Waals surface area contributed by atoms with Crippen LogP contribution in [0.1, 0.15) is 12.0 Å². The highest BCUT2D eigenvalue weighted by Crippen LogP contribution is 2.28. The summed E-state index contributed by atoms with van der Waals surface area (Å²) >= 11 is 0. The fraction of sp³-hybridized carbons (Fsp3) is 0.154. The van der Waals surface area contributed by atoms with Crippen LogP contribution in [0.15, 0.2) is 30.6 Å². The number of nitrogen functional groups attached to an aromatic ring is 1. The summed E-state index contributed by atoms with van der Waals surface area (Å²) in [6.45, 7) is 0.299. The van der Waals surface area contributed by atoms with Crippen LogP contribution in [0, 0.1) is 12.3 Å². The molecule has 2 N–H and O–H groups in total. The van der Waals surface area contributed by atoms with Gasteiger partial charge in [-0.2, -0.15) is 0 Å². The van der Waals surface area contributed by atoms with Crippen molar-refractivity contribution in [1.82, 2.24) is 9.55 Å². The molecule has 5 heteroatoms. The lowest BCUT2D eigenvalue weighted by Gasteiger charge is -2.04. The van der Waals surface area contributed by atoms with Gasteiger partial charge in [-0.3, -0.25) is 0 Å². The zero-order valence-electron chi connectivity index (χ0n) is 9.48. The maximum absolute atomic E-state index is 12.6. The van der Waals surface area contributed by atoms with Crippen LogP contribution in [0.5, 0.6) is 0 Å². The smallest absolute Gasteiger partial charge is 0.263 e. The summed E-state index contributed by atoms with van der Waals surface area (Å²) in [4.78, 5) is 4.10. The van der Waals surface area contributed by atoms with E-state index >= 15 is 0 Å². The van der Waals surface area contributed by atoms with E-state index in [1.54, 1.807) is 16.7 Å². The zero-order valence-corrected chi connectivity index (χ0v) is 9.48. The number of nitrogens with two attached hydrogens (primary N) is 1. The largest absolute Gasteiger partial charge is 0.383 e. The van der Waals surface area contributed by atoms with Crippen molar-refractivity contribution in [1.29, 1.82) is 0 Å². The molecule has 0 saturated heterocycles. The number of terminal acetylenes is 1. The van der Waals surface area contributed by atoms with Crippen LogP contribution in [0.3, 0.4) is 0 Å². The molecular formula is C13H11F2N3. The molecule has 2 aromatic rings. The molecule has 0 aliphatic carbocycles. The molecule has 0 unspecified atom stereocenters. The van der Waals surface area contributed by atoms with E-state index < -0.39 is 6.43 Å². The normalized spacial score (nSPS) is 10.6. The molecule has 1 aromatic heterocycles. The van der Waals surface area contributed by atoms with Crippen molar-refractivity contribution in [3.63, 3.8) is 0 Å². The van der Waals surface area contributed by atoms with Gasteiger partial charge < -0.3 is 10.3 Å². The van der Waals surface area contributed by atoms with Crippen LogP contribution in [0.25, 0.3) is 11.3 Å². The van der Waals surface area contributed by atoms with Crippen LogP contribution >= 0.6 is 0 Å². The van der Waals surface area contributed by atoms with Crippen molar-refractivity contribution in [3.8, 4) is 23.6 Å². The van der Waals surface area contributed by atoms with Gasteiger partial charge in [0.25, 0.3) is 6.43 Å². The molecule has 92 valence electrons. The number of rotatable bonds is 3. The minimum Gasteiger partial charge on any atom is -0.383 e. The predicted octanol–water partition coefficient (Wildman–Crippen LogP) is 2.70. The van der Waals surface area contributed by atoms with Gasteiger partial charge in [-0.1, -0.05) is 24.1 Å². The summed E-state index contributed by atoms with van der Waals surface area (Å²) in [7, 11) is 0. The van der Waals surface area contributed by atoms with Crippen molar-refractivity contribution in [2.45, 2.75) is 13.0 Å². The van der Waals surface area contributed by atoms with Crippen LogP contribution in [-0.4, -0.2) is 9.55 Å². The Morgan fingerprint density at radius 1 is 1.44 bits per heavy atom. The average molecular weight is 247 g/mol. The van der Waals surface area contributed by atoms with Gasteiger partial charge in [0.1, 0.15) is 11.5 Å². The standard InChI is InChI=1S/C13H11F2N3/c1-2-6-18-8-17-11(13(18)16)9-4-3-5-10(7-9)12(14)15/h1,3-5,7-8,12H,6,16H2. The third-order valence-corrected chi connectivity index (χ3v) is 2.55. The summed E-state index contributed by atoms with van der Waals surface area (Å²) < 4.78 is 26.8. The Bertz CT molecular complexity index is 597. The van der Waals surface area contributed by atoms with E-state index in [9.17, 15) is 8.78 Å². The number of nitrogens with zero attached hydrogens (tertiary/aromatic N) is 2. The molecule has 0 radical (unpaired) electrons. The van der Waals surface area contributed by atoms with Crippen LogP contribution in [-0.2, 0) is 6.54 Å². The zero-order chi connectivity index (χ0) is 13.1. The number of alkyl halides is 2. The molecular weight excluding hydrogens is 236 g/mol. The Balaban J connectivity index is 2.43. The number of halogens is 2. The van der Waals surface area contributed by atoms with Gasteiger partial charge >= 0.3 is 0 Å². The lowest BCUT2D eigenvalue weighted by atomic mass is 10.1. The topological polar surface area (TPSA) is 43.8 Å². The molecule has 3 nitrogen and oxygen atoms in total. The van der Waals surface area contributed by atoms with Gasteiger partial charge in [0.05, 0.1) is 12.9 Å². The van der Waals surface area contributed by atoms with Gasteiger partial charge in [0, 0.05) is 11.1 Å². The molecule has 1 aromatic carbocycles. The number of aromatic nitrogens is 2. The maximum atomic E-state index is 12.6. The lowest BCUT2D eigenvalue weighted by Crippen LogP contribution is -2.00. The maximum Gasteiger partial charge on any atom is 0.263 e. The first-order valence-corrected chi connectivity index (χ1v) is 5.26. The summed E-state index contributed by atoms with van der Waals surface area (Å²) in [6.07, 6.45) is 4.17. The Morgan fingerprint density at radius 3 is 2.89 bits per heavy atom. The SMILES string of the molecule is C#CCn1cnc(-c2cccc(C(F)F)c2)c1N. The number of benzene rings is 1. The second-order valence-corrected chi connectivity index (χ2v) is 3.74. The number of anilines is 1. The van der Waals surface area contributed by atoms with Gasteiger partial charge in [-0.15, -0.1) is 6.42 Å². The molecule has 0 saturated carbocycles. The molecule has 0 aliphatic heterocycles. The van der Waals surface area contributed by atoms with Gasteiger partial charge in [-0.25, -0.2) is 13.8 Å². The Morgan fingerprint density at radius 2 is 2.22 bits per heavy atom. The van der Waals surface area contributed by atoms with Crippen molar-refractivity contribution < 1.29 is 8.78 Å². The van der Waals surface area contributed by atoms with Gasteiger partial charge in [0.2, 0.25) is 0 Å². The quantitative estimate of drug-likeness (QED) is 0.847. The summed E-state index contributed by atoms with van der Waals surface area (Å²) in [6, 6.07) is 5.98. The van der Waals surface area contributed by atoms with E-state index in [1.807, 2.05) is 0 Å². The second-order valence-electron chi connectivity index (χ2n) is 3.74. The van der Waals surface area contributed by atoms with Gasteiger partial charge in [0.15, 0.2) is 0 Å². The Hall–Kier alpha value is -2.35. The molecule has 1 heterocycles. The Labute approximate surface area is 103 Å². The highest BCUT2D eigenvalue weighted by molar-refractivity contribution is 5.71. The second kappa shape index (κ2) is 4.88. The molecule has 18 heavy (non-hydrogen) atoms. The van der Waals surface area contributed by atoms with Crippen molar-refractivity contribution in [3.05, 3.63) is 36.2 Å². The third kappa shape index (κ3) is 2.18. The van der Waals surface area contributed by atoms with E-state index in [0.717, 1.165) is 0 Å². The molecule has 0 atom stereocenters. The number of hydrogen-bond donors (Lipinski definition) is 1. The average Bonchev–Trinajstić information content (AvgIpc) is 2.72. The fourth-order valence-corrected chi connectivity index (χ4v) is 1.66. The first kappa shape index (κ1) is 12.1. The number of hydrogen-bond acceptors (Lipinski definition) is 2. The third-order valence-electron chi connectivity index (χ3n) is 2.55. The van der Waals surface area contributed by atoms with E-state index in [4.69, 9.17) is 12.2 Å². The van der Waals surface area contributed by atoms with Crippen molar-refractivity contribution in [2.24, 2.45) is 0 Å². The summed E-state index contributed by atoms with van der Waals surface area (Å²) in [5.74, 6) is 2.82. The fourth-order valence-electron chi connectivity index (χ4n) is 1.66. The lowest BCUT2D eigenvalue weighted by molar-refractivity contribution is 0.151. The first-order chi connectivity index (χ1) is 8.63. The molecule has 0 aliphatic rings. The van der Waals surface area contributed by atoms with Crippen molar-refractivity contribution >= 4 is 5.82 Å². The molecule has 0 spiro atoms. The molecule has 2 rings (SSSR count). The minimum absolute atomic E-state index is 0.0570. The Kier molecular flexibility index (Phi) is 3.28. The van der Waals surface area contributed by atoms with Crippen LogP contribution in [0.4, 0.5) is 14.6 Å². The van der Waals surface area contributed by atoms with Crippen LogP contribution in [0.2, 0.25) is 0 Å². The highest BCUT2D eigenvalue weighted by atomic mass is 19.3. The van der Waals surface area contributed by atoms with Crippen LogP contribution < -0.4 is 5.73 Å². The van der Waals surface area contributed by atoms with E-state index in [1.165, 1.54) is 18.5 Å². The van der Waals surface area contributed by atoms with E-state index in [2.05, 4.69) is 10.9 Å². The minimum atomic E-state index is -2.51. The highest BCUT2D eigenvalue weighted by Gasteiger charge is 2.12. The monoisotopic (exact) mass is 247 g/mol. The summed E-state index contributed by atoms with van der Waals surface area (Å²) in [5.41, 5.74) is 6.83. The molecule has 0 fully saturated rings. The first-order valence-electron chi connectivity index (χ1n) is 5.26. The van der Waals surface area contributed by atoms with Gasteiger partial charge in [-0.05, 0) is 6.07 Å². The predicted molar refractivity (Wildman–Crippen MR) is 65.9 cm³/mol. The molecule has 0 bridgehead atoms. The number of imidazole rings is 1. The van der Waals surface area contributed by atoms with Crippen molar-refractivity contribution in [2.75, 3.05) is 5.73 Å². The molecule has 0 amide bonds.